The average Bonchev–Trinajstić information content (AvgIpc) is 2.78. The number of fused-ring (bicyclic) bond motifs is 1. The highest BCUT2D eigenvalue weighted by molar-refractivity contribution is 5.84. The van der Waals surface area contributed by atoms with Crippen LogP contribution in [-0.2, 0) is 16.1 Å². The van der Waals surface area contributed by atoms with Crippen molar-refractivity contribution in [2.45, 2.75) is 32.7 Å². The first-order valence-electron chi connectivity index (χ1n) is 10.8. The summed E-state index contributed by atoms with van der Waals surface area (Å²) in [4.78, 5) is 43.8. The van der Waals surface area contributed by atoms with E-state index in [-0.39, 0.29) is 23.9 Å². The maximum Gasteiger partial charge on any atom is 0.275 e. The molecule has 8 nitrogen and oxygen atoms in total. The van der Waals surface area contributed by atoms with Gasteiger partial charge in [-0.05, 0) is 32.3 Å². The van der Waals surface area contributed by atoms with Gasteiger partial charge >= 0.3 is 0 Å². The standard InChI is InChI=1S/C22H29N5O3/c1-17-18-7-3-4-8-19(18)22(30)27(23-17)16-21(29)26-13-11-24(12-14-26)15-20(28)25-9-5-2-6-10-25/h3-4,7-8H,2,5-6,9-16H2,1H3. The van der Waals surface area contributed by atoms with Crippen LogP contribution in [0.15, 0.2) is 29.1 Å². The Morgan fingerprint density at radius 2 is 1.43 bits per heavy atom. The number of aromatic nitrogens is 2. The van der Waals surface area contributed by atoms with Crippen molar-refractivity contribution in [3.8, 4) is 0 Å². The average molecular weight is 412 g/mol. The van der Waals surface area contributed by atoms with Crippen LogP contribution in [0.2, 0.25) is 0 Å². The van der Waals surface area contributed by atoms with Crippen LogP contribution in [0.4, 0.5) is 0 Å². The number of hydrogen-bond donors (Lipinski definition) is 0. The Kier molecular flexibility index (Phi) is 6.13. The maximum absolute atomic E-state index is 12.8. The summed E-state index contributed by atoms with van der Waals surface area (Å²) < 4.78 is 1.27. The quantitative estimate of drug-likeness (QED) is 0.746. The molecule has 1 aromatic heterocycles. The molecule has 2 fully saturated rings. The van der Waals surface area contributed by atoms with E-state index in [4.69, 9.17) is 0 Å². The number of carbonyl (C=O) groups excluding carboxylic acids is 2. The van der Waals surface area contributed by atoms with Gasteiger partial charge < -0.3 is 9.80 Å². The number of likely N-dealkylation sites (tertiary alicyclic amines) is 1. The molecule has 30 heavy (non-hydrogen) atoms. The van der Waals surface area contributed by atoms with Crippen LogP contribution in [0.25, 0.3) is 10.8 Å². The fourth-order valence-electron chi connectivity index (χ4n) is 4.33. The molecule has 2 saturated heterocycles. The van der Waals surface area contributed by atoms with E-state index in [2.05, 4.69) is 10.00 Å². The van der Waals surface area contributed by atoms with Gasteiger partial charge in [-0.2, -0.15) is 5.10 Å². The maximum atomic E-state index is 12.8. The fraction of sp³-hybridized carbons (Fsp3) is 0.545. The molecule has 0 radical (unpaired) electrons. The van der Waals surface area contributed by atoms with Crippen LogP contribution < -0.4 is 5.56 Å². The Labute approximate surface area is 176 Å². The number of nitrogens with zero attached hydrogens (tertiary/aromatic N) is 5. The third-order valence-corrected chi connectivity index (χ3v) is 6.13. The normalized spacial score (nSPS) is 18.0. The molecular weight excluding hydrogens is 382 g/mol. The molecule has 1 aromatic carbocycles. The molecule has 0 N–H and O–H groups in total. The molecule has 2 aliphatic rings. The highest BCUT2D eigenvalue weighted by Gasteiger charge is 2.25. The van der Waals surface area contributed by atoms with Crippen LogP contribution in [0.3, 0.4) is 0 Å². The third-order valence-electron chi connectivity index (χ3n) is 6.13. The van der Waals surface area contributed by atoms with Crippen LogP contribution in [0.1, 0.15) is 25.0 Å². The Morgan fingerprint density at radius 3 is 2.13 bits per heavy atom. The van der Waals surface area contributed by atoms with Crippen molar-refractivity contribution >= 4 is 22.6 Å². The van der Waals surface area contributed by atoms with Crippen molar-refractivity contribution in [2.24, 2.45) is 0 Å². The lowest BCUT2D eigenvalue weighted by Gasteiger charge is -2.36. The van der Waals surface area contributed by atoms with Gasteiger partial charge in [-0.1, -0.05) is 18.2 Å². The molecule has 0 aliphatic carbocycles. The zero-order valence-electron chi connectivity index (χ0n) is 17.5. The van der Waals surface area contributed by atoms with E-state index in [0.717, 1.165) is 37.0 Å². The van der Waals surface area contributed by atoms with E-state index in [0.29, 0.717) is 38.1 Å². The lowest BCUT2D eigenvalue weighted by molar-refractivity contribution is -0.136. The molecule has 0 unspecified atom stereocenters. The monoisotopic (exact) mass is 411 g/mol. The predicted molar refractivity (Wildman–Crippen MR) is 114 cm³/mol. The minimum Gasteiger partial charge on any atom is -0.342 e. The van der Waals surface area contributed by atoms with Gasteiger partial charge in [-0.25, -0.2) is 4.68 Å². The van der Waals surface area contributed by atoms with Gasteiger partial charge in [0.25, 0.3) is 5.56 Å². The Hall–Kier alpha value is -2.74. The van der Waals surface area contributed by atoms with E-state index < -0.39 is 0 Å². The molecular formula is C22H29N5O3. The Bertz CT molecular complexity index is 988. The van der Waals surface area contributed by atoms with Crippen molar-refractivity contribution in [2.75, 3.05) is 45.8 Å². The molecule has 160 valence electrons. The van der Waals surface area contributed by atoms with Gasteiger partial charge in [0, 0.05) is 44.7 Å². The van der Waals surface area contributed by atoms with Crippen molar-refractivity contribution in [1.29, 1.82) is 0 Å². The SMILES string of the molecule is Cc1nn(CC(=O)N2CCN(CC(=O)N3CCCCC3)CC2)c(=O)c2ccccc12. The summed E-state index contributed by atoms with van der Waals surface area (Å²) >= 11 is 0. The summed E-state index contributed by atoms with van der Waals surface area (Å²) in [7, 11) is 0. The molecule has 0 atom stereocenters. The highest BCUT2D eigenvalue weighted by Crippen LogP contribution is 2.13. The van der Waals surface area contributed by atoms with Crippen molar-refractivity contribution in [3.63, 3.8) is 0 Å². The molecule has 2 aliphatic heterocycles. The molecule has 8 heteroatoms. The Morgan fingerprint density at radius 1 is 0.833 bits per heavy atom. The van der Waals surface area contributed by atoms with E-state index in [9.17, 15) is 14.4 Å². The zero-order chi connectivity index (χ0) is 21.1. The topological polar surface area (TPSA) is 78.8 Å². The first kappa shape index (κ1) is 20.5. The van der Waals surface area contributed by atoms with Gasteiger partial charge in [0.2, 0.25) is 11.8 Å². The predicted octanol–water partition coefficient (Wildman–Crippen LogP) is 0.862. The van der Waals surface area contributed by atoms with Gasteiger partial charge in [0.1, 0.15) is 6.54 Å². The second-order valence-corrected chi connectivity index (χ2v) is 8.19. The van der Waals surface area contributed by atoms with Crippen LogP contribution in [0, 0.1) is 6.92 Å². The summed E-state index contributed by atoms with van der Waals surface area (Å²) in [6, 6.07) is 7.34. The van der Waals surface area contributed by atoms with E-state index in [1.807, 2.05) is 30.0 Å². The highest BCUT2D eigenvalue weighted by atomic mass is 16.2. The number of amides is 2. The van der Waals surface area contributed by atoms with Crippen LogP contribution in [0.5, 0.6) is 0 Å². The van der Waals surface area contributed by atoms with E-state index in [1.165, 1.54) is 11.1 Å². The van der Waals surface area contributed by atoms with E-state index >= 15 is 0 Å². The first-order valence-corrected chi connectivity index (χ1v) is 10.8. The Balaban J connectivity index is 1.34. The molecule has 0 bridgehead atoms. The molecule has 2 aromatic rings. The van der Waals surface area contributed by atoms with Gasteiger partial charge in [-0.3, -0.25) is 19.3 Å². The van der Waals surface area contributed by atoms with Crippen molar-refractivity contribution in [3.05, 3.63) is 40.3 Å². The number of rotatable bonds is 4. The first-order chi connectivity index (χ1) is 14.5. The summed E-state index contributed by atoms with van der Waals surface area (Å²) in [6.45, 7) is 6.41. The lowest BCUT2D eigenvalue weighted by Crippen LogP contribution is -2.52. The minimum atomic E-state index is -0.240. The number of carbonyl (C=O) groups is 2. The van der Waals surface area contributed by atoms with Crippen molar-refractivity contribution in [1.82, 2.24) is 24.5 Å². The molecule has 0 saturated carbocycles. The molecule has 2 amide bonds. The number of piperazine rings is 1. The number of hydrogen-bond acceptors (Lipinski definition) is 5. The number of piperidine rings is 1. The molecule has 0 spiro atoms. The summed E-state index contributed by atoms with van der Waals surface area (Å²) in [5.41, 5.74) is 0.495. The van der Waals surface area contributed by atoms with Crippen molar-refractivity contribution < 1.29 is 9.59 Å². The summed E-state index contributed by atoms with van der Waals surface area (Å²) in [5.74, 6) is 0.0816. The van der Waals surface area contributed by atoms with Crippen LogP contribution in [-0.4, -0.2) is 82.1 Å². The second-order valence-electron chi connectivity index (χ2n) is 8.19. The van der Waals surface area contributed by atoms with Gasteiger partial charge in [0.15, 0.2) is 0 Å². The van der Waals surface area contributed by atoms with Gasteiger partial charge in [0.05, 0.1) is 17.6 Å². The fourth-order valence-corrected chi connectivity index (χ4v) is 4.33. The third kappa shape index (κ3) is 4.38. The molecule has 4 rings (SSSR count). The summed E-state index contributed by atoms with van der Waals surface area (Å²) in [5, 5.41) is 5.74. The largest absolute Gasteiger partial charge is 0.342 e. The summed E-state index contributed by atoms with van der Waals surface area (Å²) in [6.07, 6.45) is 3.39. The number of benzene rings is 1. The van der Waals surface area contributed by atoms with Crippen LogP contribution >= 0.6 is 0 Å². The lowest BCUT2D eigenvalue weighted by atomic mass is 10.1. The zero-order valence-corrected chi connectivity index (χ0v) is 17.5. The minimum absolute atomic E-state index is 0.0583. The van der Waals surface area contributed by atoms with Gasteiger partial charge in [-0.15, -0.1) is 0 Å². The number of aryl methyl sites for hydroxylation is 1. The smallest absolute Gasteiger partial charge is 0.275 e. The second kappa shape index (κ2) is 8.95. The molecule has 3 heterocycles. The van der Waals surface area contributed by atoms with E-state index in [1.54, 1.807) is 11.0 Å².